The first-order valence-electron chi connectivity index (χ1n) is 9.61. The van der Waals surface area contributed by atoms with E-state index in [-0.39, 0.29) is 42.0 Å². The number of benzene rings is 2. The van der Waals surface area contributed by atoms with E-state index in [1.165, 1.54) is 41.1 Å². The molecule has 2 aromatic carbocycles. The molecule has 8 heteroatoms. The molecule has 4 rings (SSSR count). The molecule has 0 aliphatic heterocycles. The number of rotatable bonds is 5. The van der Waals surface area contributed by atoms with Crippen molar-refractivity contribution in [2.75, 3.05) is 0 Å². The number of halogens is 2. The van der Waals surface area contributed by atoms with Crippen LogP contribution in [0.4, 0.5) is 8.78 Å². The highest BCUT2D eigenvalue weighted by molar-refractivity contribution is 5.92. The average Bonchev–Trinajstić information content (AvgIpc) is 3.02. The number of carbonyl (C=O) groups excluding carboxylic acids is 1. The van der Waals surface area contributed by atoms with E-state index in [2.05, 4.69) is 4.99 Å². The first-order valence-corrected chi connectivity index (χ1v) is 9.61. The molecule has 2 N–H and O–H groups in total. The summed E-state index contributed by atoms with van der Waals surface area (Å²) in [7, 11) is 0. The van der Waals surface area contributed by atoms with Crippen molar-refractivity contribution in [1.29, 1.82) is 0 Å². The van der Waals surface area contributed by atoms with Gasteiger partial charge in [0.2, 0.25) is 5.91 Å². The lowest BCUT2D eigenvalue weighted by atomic mass is 10.1. The molecule has 0 unspecified atom stereocenters. The second-order valence-corrected chi connectivity index (χ2v) is 7.05. The quantitative estimate of drug-likeness (QED) is 0.480. The number of aromatic hydroxyl groups is 1. The second-order valence-electron chi connectivity index (χ2n) is 7.05. The summed E-state index contributed by atoms with van der Waals surface area (Å²) in [5.41, 5.74) is 1.22. The molecule has 0 fully saturated rings. The average molecular weight is 423 g/mol. The van der Waals surface area contributed by atoms with Crippen LogP contribution in [0.1, 0.15) is 17.7 Å². The van der Waals surface area contributed by atoms with Gasteiger partial charge in [-0.25, -0.2) is 8.78 Å². The summed E-state index contributed by atoms with van der Waals surface area (Å²) >= 11 is 0. The largest absolute Gasteiger partial charge is 0.494 e. The standard InChI is InChI=1S/C23H19F2N3O3/c24-16-9-7-15(8-10-16)14-27-19(22-17(23(27)30)4-3-5-18(22)25)11-12-21(29)26-20-6-1-2-13-28(20)31/h1-10,13,30-31H,11-12,14H2. The fourth-order valence-electron chi connectivity index (χ4n) is 3.54. The van der Waals surface area contributed by atoms with Crippen molar-refractivity contribution in [2.45, 2.75) is 19.4 Å². The van der Waals surface area contributed by atoms with Crippen LogP contribution in [-0.2, 0) is 17.8 Å². The molecule has 2 aromatic heterocycles. The molecule has 158 valence electrons. The van der Waals surface area contributed by atoms with Crippen molar-refractivity contribution in [2.24, 2.45) is 4.99 Å². The lowest BCUT2D eigenvalue weighted by Crippen LogP contribution is -2.19. The van der Waals surface area contributed by atoms with E-state index in [9.17, 15) is 23.9 Å². The van der Waals surface area contributed by atoms with E-state index in [4.69, 9.17) is 0 Å². The molecule has 2 heterocycles. The fourth-order valence-corrected chi connectivity index (χ4v) is 3.54. The highest BCUT2D eigenvalue weighted by atomic mass is 19.1. The number of hydrogen-bond donors (Lipinski definition) is 2. The molecular weight excluding hydrogens is 404 g/mol. The summed E-state index contributed by atoms with van der Waals surface area (Å²) in [4.78, 5) is 16.2. The van der Waals surface area contributed by atoms with E-state index >= 15 is 0 Å². The van der Waals surface area contributed by atoms with Crippen LogP contribution in [0.2, 0.25) is 0 Å². The molecule has 6 nitrogen and oxygen atoms in total. The Morgan fingerprint density at radius 1 is 1.00 bits per heavy atom. The van der Waals surface area contributed by atoms with Crippen molar-refractivity contribution >= 4 is 16.7 Å². The van der Waals surface area contributed by atoms with Crippen LogP contribution >= 0.6 is 0 Å². The van der Waals surface area contributed by atoms with Crippen LogP contribution in [0.15, 0.2) is 71.9 Å². The minimum Gasteiger partial charge on any atom is -0.494 e. The van der Waals surface area contributed by atoms with Crippen molar-refractivity contribution in [3.63, 3.8) is 0 Å². The zero-order chi connectivity index (χ0) is 22.0. The predicted octanol–water partition coefficient (Wildman–Crippen LogP) is 3.77. The van der Waals surface area contributed by atoms with Gasteiger partial charge in [-0.1, -0.05) is 24.3 Å². The van der Waals surface area contributed by atoms with Crippen molar-refractivity contribution in [3.05, 3.63) is 95.2 Å². The van der Waals surface area contributed by atoms with Gasteiger partial charge in [-0.05, 0) is 48.4 Å². The number of fused-ring (bicyclic) bond motifs is 1. The van der Waals surface area contributed by atoms with E-state index in [1.54, 1.807) is 30.3 Å². The highest BCUT2D eigenvalue weighted by Gasteiger charge is 2.20. The summed E-state index contributed by atoms with van der Waals surface area (Å²) in [5, 5.41) is 21.0. The molecule has 0 spiro atoms. The maximum atomic E-state index is 14.6. The Morgan fingerprint density at radius 2 is 1.77 bits per heavy atom. The molecule has 4 aromatic rings. The molecule has 0 aliphatic carbocycles. The predicted molar refractivity (Wildman–Crippen MR) is 110 cm³/mol. The Morgan fingerprint density at radius 3 is 2.52 bits per heavy atom. The van der Waals surface area contributed by atoms with Crippen LogP contribution < -0.4 is 5.49 Å². The molecule has 0 radical (unpaired) electrons. The monoisotopic (exact) mass is 423 g/mol. The number of nitrogens with zero attached hydrogens (tertiary/aromatic N) is 3. The van der Waals surface area contributed by atoms with Gasteiger partial charge in [-0.2, -0.15) is 9.72 Å². The zero-order valence-electron chi connectivity index (χ0n) is 16.4. The molecule has 0 aliphatic rings. The summed E-state index contributed by atoms with van der Waals surface area (Å²) in [5.74, 6) is -1.53. The molecule has 0 atom stereocenters. The van der Waals surface area contributed by atoms with E-state index < -0.39 is 11.7 Å². The van der Waals surface area contributed by atoms with Crippen molar-refractivity contribution < 1.29 is 23.9 Å². The van der Waals surface area contributed by atoms with Gasteiger partial charge in [0.1, 0.15) is 11.6 Å². The van der Waals surface area contributed by atoms with Crippen LogP contribution in [0, 0.1) is 11.6 Å². The fraction of sp³-hybridized carbons (Fsp3) is 0.130. The summed E-state index contributed by atoms with van der Waals surface area (Å²) in [6.07, 6.45) is 1.39. The third-order valence-corrected chi connectivity index (χ3v) is 5.01. The number of carbonyl (C=O) groups is 1. The number of pyridine rings is 1. The maximum Gasteiger partial charge on any atom is 0.248 e. The Labute approximate surface area is 175 Å². The summed E-state index contributed by atoms with van der Waals surface area (Å²) in [6.45, 7) is 0.177. The first kappa shape index (κ1) is 20.3. The van der Waals surface area contributed by atoms with E-state index in [0.717, 1.165) is 4.73 Å². The van der Waals surface area contributed by atoms with Gasteiger partial charge in [-0.3, -0.25) is 4.79 Å². The Bertz CT molecular complexity index is 1320. The van der Waals surface area contributed by atoms with Gasteiger partial charge >= 0.3 is 0 Å². The molecule has 0 bridgehead atoms. The van der Waals surface area contributed by atoms with E-state index in [1.807, 2.05) is 0 Å². The van der Waals surface area contributed by atoms with Crippen molar-refractivity contribution in [1.82, 2.24) is 9.30 Å². The third kappa shape index (κ3) is 4.18. The molecular formula is C23H19F2N3O3. The maximum absolute atomic E-state index is 14.6. The molecule has 0 saturated carbocycles. The van der Waals surface area contributed by atoms with Crippen LogP contribution in [0.25, 0.3) is 10.8 Å². The number of aryl methyl sites for hydroxylation is 1. The number of hydrogen-bond acceptors (Lipinski definition) is 3. The smallest absolute Gasteiger partial charge is 0.248 e. The molecule has 31 heavy (non-hydrogen) atoms. The van der Waals surface area contributed by atoms with Gasteiger partial charge in [0, 0.05) is 29.1 Å². The summed E-state index contributed by atoms with van der Waals surface area (Å²) in [6, 6.07) is 14.9. The number of aromatic nitrogens is 2. The van der Waals surface area contributed by atoms with Crippen LogP contribution in [-0.4, -0.2) is 25.5 Å². The van der Waals surface area contributed by atoms with Crippen LogP contribution in [0.3, 0.4) is 0 Å². The van der Waals surface area contributed by atoms with Crippen molar-refractivity contribution in [3.8, 4) is 5.88 Å². The van der Waals surface area contributed by atoms with Gasteiger partial charge < -0.3 is 14.9 Å². The van der Waals surface area contributed by atoms with Crippen LogP contribution in [0.5, 0.6) is 5.88 Å². The lowest BCUT2D eigenvalue weighted by Gasteiger charge is -2.11. The topological polar surface area (TPSA) is 79.8 Å². The summed E-state index contributed by atoms with van der Waals surface area (Å²) < 4.78 is 30.1. The van der Waals surface area contributed by atoms with Gasteiger partial charge in [0.05, 0.1) is 6.54 Å². The highest BCUT2D eigenvalue weighted by Crippen LogP contribution is 2.34. The number of amides is 1. The van der Waals surface area contributed by atoms with Gasteiger partial charge in [0.25, 0.3) is 0 Å². The second kappa shape index (κ2) is 8.43. The minimum absolute atomic E-state index is 0.0643. The SMILES string of the molecule is O=C(CCc1c2c(F)cccc2c(O)n1Cc1ccc(F)cc1)N=c1ccccn1O. The normalized spacial score (nSPS) is 11.9. The van der Waals surface area contributed by atoms with Gasteiger partial charge in [0.15, 0.2) is 11.4 Å². The van der Waals surface area contributed by atoms with E-state index in [0.29, 0.717) is 16.6 Å². The Hall–Kier alpha value is -3.94. The molecule has 0 saturated heterocycles. The Balaban J connectivity index is 1.70. The molecule has 1 amide bonds. The lowest BCUT2D eigenvalue weighted by molar-refractivity contribution is -0.118. The Kier molecular flexibility index (Phi) is 5.53. The third-order valence-electron chi connectivity index (χ3n) is 5.01. The minimum atomic E-state index is -0.513. The zero-order valence-corrected chi connectivity index (χ0v) is 16.4. The first-order chi connectivity index (χ1) is 14.9. The van der Waals surface area contributed by atoms with Gasteiger partial charge in [-0.15, -0.1) is 0 Å².